The summed E-state index contributed by atoms with van der Waals surface area (Å²) in [7, 11) is 3.89. The van der Waals surface area contributed by atoms with Crippen molar-refractivity contribution in [1.29, 1.82) is 0 Å². The molecule has 0 aliphatic rings. The molecule has 1 amide bonds. The van der Waals surface area contributed by atoms with Crippen LogP contribution in [0, 0.1) is 5.82 Å². The van der Waals surface area contributed by atoms with E-state index in [1.54, 1.807) is 0 Å². The van der Waals surface area contributed by atoms with Crippen LogP contribution < -0.4 is 11.1 Å². The topological polar surface area (TPSA) is 58.4 Å². The largest absolute Gasteiger partial charge is 0.396 e. The van der Waals surface area contributed by atoms with Crippen molar-refractivity contribution in [2.45, 2.75) is 19.4 Å². The SMILES string of the molecule is CN(C)C(C)(C)CNC(=O)c1ccc(F)c(N)c1. The highest BCUT2D eigenvalue weighted by Crippen LogP contribution is 2.13. The van der Waals surface area contributed by atoms with Crippen molar-refractivity contribution >= 4 is 11.6 Å². The average Bonchev–Trinajstić information content (AvgIpc) is 2.29. The quantitative estimate of drug-likeness (QED) is 0.799. The number of anilines is 1. The van der Waals surface area contributed by atoms with Gasteiger partial charge in [0.1, 0.15) is 5.82 Å². The number of amides is 1. The molecule has 5 heteroatoms. The maximum absolute atomic E-state index is 13.0. The van der Waals surface area contributed by atoms with Crippen molar-refractivity contribution in [2.24, 2.45) is 0 Å². The molecule has 3 N–H and O–H groups in total. The molecule has 0 unspecified atom stereocenters. The van der Waals surface area contributed by atoms with Gasteiger partial charge in [0.25, 0.3) is 5.91 Å². The molecule has 1 rings (SSSR count). The smallest absolute Gasteiger partial charge is 0.251 e. The molecule has 1 aromatic rings. The van der Waals surface area contributed by atoms with Gasteiger partial charge in [0.05, 0.1) is 5.69 Å². The number of nitrogen functional groups attached to an aromatic ring is 1. The fourth-order valence-corrected chi connectivity index (χ4v) is 1.24. The number of nitrogens with two attached hydrogens (primary N) is 1. The Kier molecular flexibility index (Phi) is 4.29. The molecule has 0 saturated heterocycles. The third-order valence-electron chi connectivity index (χ3n) is 3.15. The van der Waals surface area contributed by atoms with Crippen molar-refractivity contribution in [2.75, 3.05) is 26.4 Å². The summed E-state index contributed by atoms with van der Waals surface area (Å²) >= 11 is 0. The predicted octanol–water partition coefficient (Wildman–Crippen LogP) is 1.48. The zero-order chi connectivity index (χ0) is 13.9. The van der Waals surface area contributed by atoms with E-state index in [0.29, 0.717) is 12.1 Å². The number of rotatable bonds is 4. The third kappa shape index (κ3) is 3.43. The monoisotopic (exact) mass is 253 g/mol. The summed E-state index contributed by atoms with van der Waals surface area (Å²) < 4.78 is 13.0. The van der Waals surface area contributed by atoms with E-state index in [2.05, 4.69) is 5.32 Å². The van der Waals surface area contributed by atoms with Gasteiger partial charge in [0, 0.05) is 17.6 Å². The summed E-state index contributed by atoms with van der Waals surface area (Å²) in [5.41, 5.74) is 5.62. The minimum Gasteiger partial charge on any atom is -0.396 e. The lowest BCUT2D eigenvalue weighted by Gasteiger charge is -2.32. The van der Waals surface area contributed by atoms with Crippen molar-refractivity contribution < 1.29 is 9.18 Å². The minimum atomic E-state index is -0.514. The van der Waals surface area contributed by atoms with Gasteiger partial charge in [0.2, 0.25) is 0 Å². The number of likely N-dealkylation sites (N-methyl/N-ethyl adjacent to an activating group) is 1. The highest BCUT2D eigenvalue weighted by atomic mass is 19.1. The van der Waals surface area contributed by atoms with Gasteiger partial charge in [-0.05, 0) is 46.1 Å². The lowest BCUT2D eigenvalue weighted by molar-refractivity contribution is 0.0919. The molecule has 4 nitrogen and oxygen atoms in total. The first-order valence-corrected chi connectivity index (χ1v) is 5.74. The molecular formula is C13H20FN3O. The fraction of sp³-hybridized carbons (Fsp3) is 0.462. The number of halogens is 1. The van der Waals surface area contributed by atoms with Crippen LogP contribution in [-0.4, -0.2) is 37.0 Å². The number of carbonyl (C=O) groups excluding carboxylic acids is 1. The highest BCUT2D eigenvalue weighted by Gasteiger charge is 2.21. The van der Waals surface area contributed by atoms with Crippen LogP contribution in [0.25, 0.3) is 0 Å². The van der Waals surface area contributed by atoms with Gasteiger partial charge in [-0.25, -0.2) is 4.39 Å². The van der Waals surface area contributed by atoms with Crippen LogP contribution in [0.5, 0.6) is 0 Å². The Balaban J connectivity index is 2.69. The molecule has 100 valence electrons. The van der Waals surface area contributed by atoms with Crippen LogP contribution in [0.2, 0.25) is 0 Å². The van der Waals surface area contributed by atoms with E-state index in [4.69, 9.17) is 5.73 Å². The lowest BCUT2D eigenvalue weighted by Crippen LogP contribution is -2.48. The molecule has 0 radical (unpaired) electrons. The van der Waals surface area contributed by atoms with E-state index < -0.39 is 5.82 Å². The Bertz CT molecular complexity index is 444. The Labute approximate surface area is 107 Å². The molecule has 0 aromatic heterocycles. The Morgan fingerprint density at radius 2 is 2.06 bits per heavy atom. The first-order chi connectivity index (χ1) is 8.24. The summed E-state index contributed by atoms with van der Waals surface area (Å²) in [6, 6.07) is 3.96. The molecule has 0 bridgehead atoms. The molecular weight excluding hydrogens is 233 g/mol. The van der Waals surface area contributed by atoms with E-state index in [-0.39, 0.29) is 17.1 Å². The summed E-state index contributed by atoms with van der Waals surface area (Å²) in [5, 5.41) is 2.81. The zero-order valence-electron chi connectivity index (χ0n) is 11.2. The van der Waals surface area contributed by atoms with Crippen LogP contribution in [0.4, 0.5) is 10.1 Å². The molecule has 0 spiro atoms. The normalized spacial score (nSPS) is 11.7. The number of nitrogens with one attached hydrogen (secondary N) is 1. The summed E-state index contributed by atoms with van der Waals surface area (Å²) in [5.74, 6) is -0.767. The molecule has 0 aliphatic carbocycles. The third-order valence-corrected chi connectivity index (χ3v) is 3.15. The number of nitrogens with zero attached hydrogens (tertiary/aromatic N) is 1. The summed E-state index contributed by atoms with van der Waals surface area (Å²) in [6.45, 7) is 4.54. The van der Waals surface area contributed by atoms with Crippen LogP contribution in [0.1, 0.15) is 24.2 Å². The van der Waals surface area contributed by atoms with E-state index in [1.807, 2.05) is 32.8 Å². The molecule has 1 aromatic carbocycles. The molecule has 0 heterocycles. The standard InChI is InChI=1S/C13H20FN3O/c1-13(2,17(3)4)8-16-12(18)9-5-6-10(14)11(15)7-9/h5-7H,8,15H2,1-4H3,(H,16,18). The second-order valence-electron chi connectivity index (χ2n) is 5.13. The van der Waals surface area contributed by atoms with E-state index in [0.717, 1.165) is 0 Å². The Hall–Kier alpha value is -1.62. The Morgan fingerprint density at radius 1 is 1.44 bits per heavy atom. The lowest BCUT2D eigenvalue weighted by atomic mass is 10.0. The van der Waals surface area contributed by atoms with Gasteiger partial charge in [-0.2, -0.15) is 0 Å². The molecule has 0 atom stereocenters. The molecule has 0 aliphatic heterocycles. The van der Waals surface area contributed by atoms with Crippen molar-refractivity contribution in [1.82, 2.24) is 10.2 Å². The number of hydrogen-bond acceptors (Lipinski definition) is 3. The number of benzene rings is 1. The van der Waals surface area contributed by atoms with Gasteiger partial charge in [-0.15, -0.1) is 0 Å². The van der Waals surface area contributed by atoms with Crippen molar-refractivity contribution in [3.63, 3.8) is 0 Å². The zero-order valence-corrected chi connectivity index (χ0v) is 11.2. The van der Waals surface area contributed by atoms with Gasteiger partial charge in [-0.1, -0.05) is 0 Å². The van der Waals surface area contributed by atoms with E-state index in [9.17, 15) is 9.18 Å². The van der Waals surface area contributed by atoms with Gasteiger partial charge < -0.3 is 16.0 Å². The first-order valence-electron chi connectivity index (χ1n) is 5.74. The number of hydrogen-bond donors (Lipinski definition) is 2. The number of carbonyl (C=O) groups is 1. The summed E-state index contributed by atoms with van der Waals surface area (Å²) in [4.78, 5) is 13.9. The minimum absolute atomic E-state index is 0.0190. The van der Waals surface area contributed by atoms with Gasteiger partial charge in [-0.3, -0.25) is 4.79 Å². The second kappa shape index (κ2) is 5.35. The van der Waals surface area contributed by atoms with Gasteiger partial charge in [0.15, 0.2) is 0 Å². The molecule has 0 saturated carbocycles. The predicted molar refractivity (Wildman–Crippen MR) is 70.9 cm³/mol. The van der Waals surface area contributed by atoms with Crippen molar-refractivity contribution in [3.05, 3.63) is 29.6 Å². The van der Waals surface area contributed by atoms with Gasteiger partial charge >= 0.3 is 0 Å². The van der Waals surface area contributed by atoms with Crippen molar-refractivity contribution in [3.8, 4) is 0 Å². The van der Waals surface area contributed by atoms with Crippen LogP contribution >= 0.6 is 0 Å². The highest BCUT2D eigenvalue weighted by molar-refractivity contribution is 5.95. The Morgan fingerprint density at radius 3 is 2.56 bits per heavy atom. The van der Waals surface area contributed by atoms with Crippen LogP contribution in [0.15, 0.2) is 18.2 Å². The van der Waals surface area contributed by atoms with Crippen LogP contribution in [-0.2, 0) is 0 Å². The maximum atomic E-state index is 13.0. The molecule has 0 fully saturated rings. The fourth-order valence-electron chi connectivity index (χ4n) is 1.24. The second-order valence-corrected chi connectivity index (χ2v) is 5.13. The average molecular weight is 253 g/mol. The van der Waals surface area contributed by atoms with E-state index >= 15 is 0 Å². The van der Waals surface area contributed by atoms with Crippen LogP contribution in [0.3, 0.4) is 0 Å². The first kappa shape index (κ1) is 14.4. The summed E-state index contributed by atoms with van der Waals surface area (Å²) in [6.07, 6.45) is 0. The molecule has 18 heavy (non-hydrogen) atoms. The van der Waals surface area contributed by atoms with E-state index in [1.165, 1.54) is 18.2 Å². The maximum Gasteiger partial charge on any atom is 0.251 e.